The van der Waals surface area contributed by atoms with E-state index in [2.05, 4.69) is 60.8 Å². The number of anilines is 1. The van der Waals surface area contributed by atoms with E-state index in [0.29, 0.717) is 40.9 Å². The van der Waals surface area contributed by atoms with Crippen LogP contribution in [-0.2, 0) is 6.54 Å². The number of thioether (sulfide) groups is 1. The summed E-state index contributed by atoms with van der Waals surface area (Å²) in [4.78, 5) is 0. The van der Waals surface area contributed by atoms with Crippen LogP contribution in [0, 0.1) is 0 Å². The molecule has 0 aromatic heterocycles. The Bertz CT molecular complexity index is 1150. The number of methoxy groups -OCH3 is 4. The molecule has 0 aliphatic carbocycles. The number of hydrogen-bond acceptors (Lipinski definition) is 7. The van der Waals surface area contributed by atoms with Crippen molar-refractivity contribution in [2.75, 3.05) is 40.4 Å². The lowest BCUT2D eigenvalue weighted by molar-refractivity contribution is 0.295. The van der Waals surface area contributed by atoms with Gasteiger partial charge in [0.1, 0.15) is 0 Å². The highest BCUT2D eigenvalue weighted by atomic mass is 32.2. The van der Waals surface area contributed by atoms with Gasteiger partial charge in [0.15, 0.2) is 23.0 Å². The lowest BCUT2D eigenvalue weighted by Gasteiger charge is -2.21. The lowest BCUT2D eigenvalue weighted by atomic mass is 10.0. The molecule has 3 aromatic rings. The zero-order valence-corrected chi connectivity index (χ0v) is 23.2. The summed E-state index contributed by atoms with van der Waals surface area (Å²) in [5.74, 6) is 3.53. The second kappa shape index (κ2) is 12.9. The van der Waals surface area contributed by atoms with Gasteiger partial charge in [0.25, 0.3) is 0 Å². The Kier molecular flexibility index (Phi) is 9.34. The van der Waals surface area contributed by atoms with Crippen molar-refractivity contribution >= 4 is 17.4 Å². The summed E-state index contributed by atoms with van der Waals surface area (Å²) in [6, 6.07) is 18.9. The molecule has 0 saturated carbocycles. The first-order valence-corrected chi connectivity index (χ1v) is 13.6. The van der Waals surface area contributed by atoms with Crippen molar-refractivity contribution in [1.82, 2.24) is 0 Å². The third kappa shape index (κ3) is 6.21. The van der Waals surface area contributed by atoms with Gasteiger partial charge >= 0.3 is 0 Å². The third-order valence-corrected chi connectivity index (χ3v) is 8.20. The van der Waals surface area contributed by atoms with Gasteiger partial charge in [-0.05, 0) is 60.2 Å². The van der Waals surface area contributed by atoms with Crippen LogP contribution in [0.4, 0.5) is 5.69 Å². The Morgan fingerprint density at radius 1 is 0.757 bits per heavy atom. The Morgan fingerprint density at radius 3 is 1.86 bits per heavy atom. The third-order valence-electron chi connectivity index (χ3n) is 6.52. The van der Waals surface area contributed by atoms with Crippen LogP contribution < -0.4 is 29.0 Å². The molecule has 1 fully saturated rings. The van der Waals surface area contributed by atoms with Crippen molar-refractivity contribution in [3.05, 3.63) is 71.3 Å². The molecular weight excluding hydrogens is 486 g/mol. The molecule has 1 saturated heterocycles. The molecule has 37 heavy (non-hydrogen) atoms. The minimum atomic E-state index is 0.321. The Hall–Kier alpha value is -3.19. The minimum absolute atomic E-state index is 0.321. The molecule has 0 radical (unpaired) electrons. The van der Waals surface area contributed by atoms with E-state index in [-0.39, 0.29) is 0 Å². The normalized spacial score (nSPS) is 16.8. The SMILES string of the molecule is CCCOc1c(NCc2ccccc2)cc(C2CC[C@@H](c3cc(OC)c(OC)c(OC)c3)S2)cc1OC. The number of rotatable bonds is 12. The van der Waals surface area contributed by atoms with Gasteiger partial charge < -0.3 is 29.0 Å². The van der Waals surface area contributed by atoms with Gasteiger partial charge in [-0.3, -0.25) is 0 Å². The van der Waals surface area contributed by atoms with Crippen molar-refractivity contribution < 1.29 is 23.7 Å². The van der Waals surface area contributed by atoms with E-state index >= 15 is 0 Å². The molecule has 1 N–H and O–H groups in total. The first kappa shape index (κ1) is 26.9. The highest BCUT2D eigenvalue weighted by Gasteiger charge is 2.31. The smallest absolute Gasteiger partial charge is 0.203 e. The van der Waals surface area contributed by atoms with Crippen molar-refractivity contribution in [2.24, 2.45) is 0 Å². The van der Waals surface area contributed by atoms with Gasteiger partial charge in [-0.25, -0.2) is 0 Å². The average molecular weight is 524 g/mol. The van der Waals surface area contributed by atoms with Gasteiger partial charge in [-0.2, -0.15) is 0 Å². The number of nitrogens with one attached hydrogen (secondary N) is 1. The van der Waals surface area contributed by atoms with Crippen molar-refractivity contribution in [1.29, 1.82) is 0 Å². The first-order chi connectivity index (χ1) is 18.1. The van der Waals surface area contributed by atoms with E-state index in [0.717, 1.165) is 36.4 Å². The summed E-state index contributed by atoms with van der Waals surface area (Å²) in [5, 5.41) is 4.25. The van der Waals surface area contributed by atoms with Crippen LogP contribution >= 0.6 is 11.8 Å². The maximum atomic E-state index is 6.14. The van der Waals surface area contributed by atoms with Crippen LogP contribution in [0.2, 0.25) is 0 Å². The number of ether oxygens (including phenoxy) is 5. The molecule has 2 atom stereocenters. The second-order valence-corrected chi connectivity index (χ2v) is 10.3. The van der Waals surface area contributed by atoms with Gasteiger partial charge in [0, 0.05) is 17.0 Å². The summed E-state index contributed by atoms with van der Waals surface area (Å²) in [7, 11) is 6.65. The zero-order chi connectivity index (χ0) is 26.2. The van der Waals surface area contributed by atoms with Gasteiger partial charge in [-0.1, -0.05) is 37.3 Å². The highest BCUT2D eigenvalue weighted by molar-refractivity contribution is 8.00. The zero-order valence-electron chi connectivity index (χ0n) is 22.3. The van der Waals surface area contributed by atoms with E-state index in [4.69, 9.17) is 23.7 Å². The molecule has 4 rings (SSSR count). The molecule has 1 unspecified atom stereocenters. The first-order valence-electron chi connectivity index (χ1n) is 12.7. The van der Waals surface area contributed by atoms with Crippen LogP contribution in [0.5, 0.6) is 28.7 Å². The summed E-state index contributed by atoms with van der Waals surface area (Å²) in [5.41, 5.74) is 4.59. The molecule has 7 heteroatoms. The Labute approximate surface area is 224 Å². The fraction of sp³-hybridized carbons (Fsp3) is 0.400. The van der Waals surface area contributed by atoms with Crippen LogP contribution in [-0.4, -0.2) is 35.0 Å². The number of benzene rings is 3. The monoisotopic (exact) mass is 523 g/mol. The van der Waals surface area contributed by atoms with E-state index in [9.17, 15) is 0 Å². The predicted molar refractivity (Wildman–Crippen MR) is 151 cm³/mol. The quantitative estimate of drug-likeness (QED) is 0.265. The van der Waals surface area contributed by atoms with Crippen molar-refractivity contribution in [2.45, 2.75) is 43.2 Å². The summed E-state index contributed by atoms with van der Waals surface area (Å²) < 4.78 is 28.6. The molecule has 6 nitrogen and oxygen atoms in total. The van der Waals surface area contributed by atoms with Crippen LogP contribution in [0.15, 0.2) is 54.6 Å². The van der Waals surface area contributed by atoms with Crippen molar-refractivity contribution in [3.63, 3.8) is 0 Å². The van der Waals surface area contributed by atoms with E-state index in [1.807, 2.05) is 17.8 Å². The van der Waals surface area contributed by atoms with Crippen LogP contribution in [0.25, 0.3) is 0 Å². The van der Waals surface area contributed by atoms with Crippen LogP contribution in [0.3, 0.4) is 0 Å². The lowest BCUT2D eigenvalue weighted by Crippen LogP contribution is -2.06. The topological polar surface area (TPSA) is 58.2 Å². The fourth-order valence-corrected chi connectivity index (χ4v) is 6.18. The average Bonchev–Trinajstić information content (AvgIpc) is 3.45. The van der Waals surface area contributed by atoms with E-state index in [1.54, 1.807) is 28.4 Å². The Balaban J connectivity index is 1.60. The maximum absolute atomic E-state index is 6.14. The molecule has 3 aromatic carbocycles. The highest BCUT2D eigenvalue weighted by Crippen LogP contribution is 2.56. The maximum Gasteiger partial charge on any atom is 0.203 e. The number of hydrogen-bond donors (Lipinski definition) is 1. The van der Waals surface area contributed by atoms with Crippen LogP contribution in [0.1, 0.15) is 53.4 Å². The van der Waals surface area contributed by atoms with Gasteiger partial charge in [0.2, 0.25) is 5.75 Å². The summed E-state index contributed by atoms with van der Waals surface area (Å²) in [6.45, 7) is 3.45. The molecule has 198 valence electrons. The molecular formula is C30H37NO5S. The van der Waals surface area contributed by atoms with Crippen molar-refractivity contribution in [3.8, 4) is 28.7 Å². The molecule has 0 bridgehead atoms. The molecule has 0 amide bonds. The standard InChI is InChI=1S/C30H37NO5S/c1-6-14-36-29-23(31-19-20-10-8-7-9-11-20)15-21(16-24(29)32-2)27-12-13-28(37-27)22-17-25(33-3)30(35-5)26(18-22)34-4/h7-11,15-18,27-28,31H,6,12-14,19H2,1-5H3/t27?,28-/m0/s1. The fourth-order valence-electron chi connectivity index (χ4n) is 4.65. The molecule has 1 aliphatic heterocycles. The minimum Gasteiger partial charge on any atom is -0.493 e. The molecule has 1 aliphatic rings. The summed E-state index contributed by atoms with van der Waals surface area (Å²) in [6.07, 6.45) is 3.04. The summed E-state index contributed by atoms with van der Waals surface area (Å²) >= 11 is 1.96. The Morgan fingerprint density at radius 2 is 1.32 bits per heavy atom. The molecule has 1 heterocycles. The largest absolute Gasteiger partial charge is 0.493 e. The molecule has 0 spiro atoms. The second-order valence-electron chi connectivity index (χ2n) is 8.94. The van der Waals surface area contributed by atoms with E-state index < -0.39 is 0 Å². The van der Waals surface area contributed by atoms with Gasteiger partial charge in [-0.15, -0.1) is 11.8 Å². The van der Waals surface area contributed by atoms with E-state index in [1.165, 1.54) is 16.7 Å². The van der Waals surface area contributed by atoms with Gasteiger partial charge in [0.05, 0.1) is 40.7 Å². The predicted octanol–water partition coefficient (Wildman–Crippen LogP) is 7.43.